The fourth-order valence-electron chi connectivity index (χ4n) is 2.41. The predicted molar refractivity (Wildman–Crippen MR) is 90.6 cm³/mol. The van der Waals surface area contributed by atoms with Crippen molar-refractivity contribution in [2.45, 2.75) is 19.4 Å². The van der Waals surface area contributed by atoms with Crippen LogP contribution in [-0.4, -0.2) is 22.8 Å². The fourth-order valence-corrected chi connectivity index (χ4v) is 2.41. The largest absolute Gasteiger partial charge is 0.479 e. The van der Waals surface area contributed by atoms with E-state index in [0.29, 0.717) is 22.7 Å². The van der Waals surface area contributed by atoms with E-state index in [2.05, 4.69) is 10.6 Å². The molecule has 8 heteroatoms. The third-order valence-corrected chi connectivity index (χ3v) is 3.71. The number of nitro groups is 1. The molecular formula is C17H15N3O5. The molecule has 128 valence electrons. The second-order valence-corrected chi connectivity index (χ2v) is 5.61. The van der Waals surface area contributed by atoms with Gasteiger partial charge in [-0.05, 0) is 30.7 Å². The fraction of sp³-hybridized carbons (Fsp3) is 0.176. The highest BCUT2D eigenvalue weighted by Crippen LogP contribution is 2.32. The van der Waals surface area contributed by atoms with Crippen LogP contribution >= 0.6 is 0 Å². The highest BCUT2D eigenvalue weighted by molar-refractivity contribution is 5.99. The molecule has 0 fully saturated rings. The van der Waals surface area contributed by atoms with E-state index in [9.17, 15) is 19.7 Å². The van der Waals surface area contributed by atoms with Crippen molar-refractivity contribution < 1.29 is 19.2 Å². The van der Waals surface area contributed by atoms with Gasteiger partial charge in [-0.2, -0.15) is 0 Å². The van der Waals surface area contributed by atoms with Gasteiger partial charge in [0, 0.05) is 17.8 Å². The number of anilines is 2. The first-order chi connectivity index (χ1) is 11.9. The first-order valence-corrected chi connectivity index (χ1v) is 7.57. The Morgan fingerprint density at radius 2 is 2.00 bits per heavy atom. The van der Waals surface area contributed by atoms with Crippen molar-refractivity contribution in [1.29, 1.82) is 0 Å². The normalized spacial score (nSPS) is 15.6. The molecule has 1 atom stereocenters. The van der Waals surface area contributed by atoms with Gasteiger partial charge >= 0.3 is 0 Å². The van der Waals surface area contributed by atoms with Crippen molar-refractivity contribution >= 4 is 28.9 Å². The van der Waals surface area contributed by atoms with Crippen LogP contribution in [0.25, 0.3) is 0 Å². The van der Waals surface area contributed by atoms with Crippen molar-refractivity contribution in [2.75, 3.05) is 10.6 Å². The summed E-state index contributed by atoms with van der Waals surface area (Å²) >= 11 is 0. The number of nitro benzene ring substituents is 1. The molecule has 1 aliphatic heterocycles. The summed E-state index contributed by atoms with van der Waals surface area (Å²) in [6, 6.07) is 10.8. The van der Waals surface area contributed by atoms with Gasteiger partial charge in [0.15, 0.2) is 6.10 Å². The molecule has 0 unspecified atom stereocenters. The minimum absolute atomic E-state index is 0.0242. The van der Waals surface area contributed by atoms with E-state index < -0.39 is 11.0 Å². The molecule has 1 aliphatic rings. The summed E-state index contributed by atoms with van der Waals surface area (Å²) in [4.78, 5) is 33.9. The summed E-state index contributed by atoms with van der Waals surface area (Å²) in [7, 11) is 0. The number of rotatable bonds is 4. The van der Waals surface area contributed by atoms with E-state index in [1.807, 2.05) is 0 Å². The Kier molecular flexibility index (Phi) is 4.34. The van der Waals surface area contributed by atoms with Gasteiger partial charge in [-0.1, -0.05) is 12.1 Å². The van der Waals surface area contributed by atoms with Crippen LogP contribution in [0.2, 0.25) is 0 Å². The topological polar surface area (TPSA) is 111 Å². The smallest absolute Gasteiger partial charge is 0.269 e. The lowest BCUT2D eigenvalue weighted by Gasteiger charge is -2.23. The lowest BCUT2D eigenvalue weighted by molar-refractivity contribution is -0.384. The summed E-state index contributed by atoms with van der Waals surface area (Å²) in [6.45, 7) is 1.65. The van der Waals surface area contributed by atoms with Crippen molar-refractivity contribution in [3.8, 4) is 5.75 Å². The Labute approximate surface area is 142 Å². The van der Waals surface area contributed by atoms with Crippen LogP contribution in [0.15, 0.2) is 42.5 Å². The average Bonchev–Trinajstić information content (AvgIpc) is 2.56. The van der Waals surface area contributed by atoms with Crippen LogP contribution in [-0.2, 0) is 16.0 Å². The minimum atomic E-state index is -0.560. The molecule has 2 amide bonds. The van der Waals surface area contributed by atoms with E-state index in [-0.39, 0.29) is 23.9 Å². The van der Waals surface area contributed by atoms with E-state index in [1.165, 1.54) is 12.1 Å². The van der Waals surface area contributed by atoms with E-state index in [1.54, 1.807) is 37.3 Å². The third-order valence-electron chi connectivity index (χ3n) is 3.71. The monoisotopic (exact) mass is 341 g/mol. The summed E-state index contributed by atoms with van der Waals surface area (Å²) < 4.78 is 5.45. The number of ether oxygens (including phenoxy) is 1. The van der Waals surface area contributed by atoms with Crippen molar-refractivity contribution in [3.05, 3.63) is 58.1 Å². The summed E-state index contributed by atoms with van der Waals surface area (Å²) in [5.74, 6) is 0.0209. The Balaban J connectivity index is 1.66. The van der Waals surface area contributed by atoms with Crippen molar-refractivity contribution in [1.82, 2.24) is 0 Å². The first-order valence-electron chi connectivity index (χ1n) is 7.57. The summed E-state index contributed by atoms with van der Waals surface area (Å²) in [5.41, 5.74) is 1.65. The van der Waals surface area contributed by atoms with E-state index >= 15 is 0 Å². The molecule has 0 radical (unpaired) electrons. The number of carbonyl (C=O) groups excluding carboxylic acids is 2. The number of non-ortho nitro benzene ring substituents is 1. The van der Waals surface area contributed by atoms with Crippen LogP contribution in [0.3, 0.4) is 0 Å². The van der Waals surface area contributed by atoms with E-state index in [4.69, 9.17) is 4.74 Å². The molecule has 2 N–H and O–H groups in total. The zero-order valence-corrected chi connectivity index (χ0v) is 13.3. The molecule has 8 nitrogen and oxygen atoms in total. The Morgan fingerprint density at radius 3 is 2.68 bits per heavy atom. The van der Waals surface area contributed by atoms with E-state index in [0.717, 1.165) is 0 Å². The Hall–Kier alpha value is -3.42. The van der Waals surface area contributed by atoms with Crippen molar-refractivity contribution in [3.63, 3.8) is 0 Å². The second-order valence-electron chi connectivity index (χ2n) is 5.61. The molecule has 0 saturated carbocycles. The standard InChI is InChI=1S/C17H15N3O5/c1-10-17(22)19-14-9-12(4-7-15(14)25-10)18-16(21)8-11-2-5-13(6-3-11)20(23)24/h2-7,9-10H,8H2,1H3,(H,18,21)(H,19,22)/t10-/m0/s1. The molecule has 0 saturated heterocycles. The second kappa shape index (κ2) is 6.60. The van der Waals surface area contributed by atoms with Crippen LogP contribution in [0, 0.1) is 10.1 Å². The van der Waals surface area contributed by atoms with Gasteiger partial charge in [-0.3, -0.25) is 19.7 Å². The van der Waals surface area contributed by atoms with Gasteiger partial charge in [0.1, 0.15) is 5.75 Å². The highest BCUT2D eigenvalue weighted by Gasteiger charge is 2.23. The molecule has 2 aromatic rings. The maximum Gasteiger partial charge on any atom is 0.269 e. The molecule has 0 aromatic heterocycles. The highest BCUT2D eigenvalue weighted by atomic mass is 16.6. The van der Waals surface area contributed by atoms with Gasteiger partial charge in [-0.25, -0.2) is 0 Å². The molecular weight excluding hydrogens is 326 g/mol. The molecule has 0 spiro atoms. The zero-order chi connectivity index (χ0) is 18.0. The van der Waals surface area contributed by atoms with Gasteiger partial charge in [-0.15, -0.1) is 0 Å². The number of nitrogens with zero attached hydrogens (tertiary/aromatic N) is 1. The minimum Gasteiger partial charge on any atom is -0.479 e. The maximum absolute atomic E-state index is 12.1. The van der Waals surface area contributed by atoms with Crippen LogP contribution in [0.5, 0.6) is 5.75 Å². The van der Waals surface area contributed by atoms with Gasteiger partial charge in [0.2, 0.25) is 5.91 Å². The van der Waals surface area contributed by atoms with Crippen LogP contribution in [0.1, 0.15) is 12.5 Å². The third kappa shape index (κ3) is 3.74. The van der Waals surface area contributed by atoms with Gasteiger partial charge < -0.3 is 15.4 Å². The predicted octanol–water partition coefficient (Wildman–Crippen LogP) is 2.50. The van der Waals surface area contributed by atoms with Crippen LogP contribution in [0.4, 0.5) is 17.1 Å². The Morgan fingerprint density at radius 1 is 1.28 bits per heavy atom. The quantitative estimate of drug-likeness (QED) is 0.656. The average molecular weight is 341 g/mol. The van der Waals surface area contributed by atoms with Gasteiger partial charge in [0.25, 0.3) is 11.6 Å². The molecule has 2 aromatic carbocycles. The first kappa shape index (κ1) is 16.4. The number of hydrogen-bond donors (Lipinski definition) is 2. The number of benzene rings is 2. The number of fused-ring (bicyclic) bond motifs is 1. The van der Waals surface area contributed by atoms with Crippen LogP contribution < -0.4 is 15.4 Å². The summed E-state index contributed by atoms with van der Waals surface area (Å²) in [5, 5.41) is 16.1. The SMILES string of the molecule is C[C@@H]1Oc2ccc(NC(=O)Cc3ccc([N+](=O)[O-])cc3)cc2NC1=O. The number of hydrogen-bond acceptors (Lipinski definition) is 5. The number of nitrogens with one attached hydrogen (secondary N) is 2. The molecule has 1 heterocycles. The zero-order valence-electron chi connectivity index (χ0n) is 13.3. The summed E-state index contributed by atoms with van der Waals surface area (Å²) in [6.07, 6.45) is -0.482. The lowest BCUT2D eigenvalue weighted by atomic mass is 10.1. The molecule has 0 bridgehead atoms. The number of carbonyl (C=O) groups is 2. The maximum atomic E-state index is 12.1. The molecule has 25 heavy (non-hydrogen) atoms. The molecule has 0 aliphatic carbocycles. The number of amides is 2. The lowest BCUT2D eigenvalue weighted by Crippen LogP contribution is -2.34. The molecule has 3 rings (SSSR count). The van der Waals surface area contributed by atoms with Crippen molar-refractivity contribution in [2.24, 2.45) is 0 Å². The van der Waals surface area contributed by atoms with Gasteiger partial charge in [0.05, 0.1) is 17.0 Å². The Bertz CT molecular complexity index is 848.